The van der Waals surface area contributed by atoms with Crippen molar-refractivity contribution in [1.29, 1.82) is 0 Å². The third kappa shape index (κ3) is 4.76. The molecule has 0 saturated carbocycles. The van der Waals surface area contributed by atoms with Gasteiger partial charge in [-0.15, -0.1) is 0 Å². The number of hydrogen-bond donors (Lipinski definition) is 1. The van der Waals surface area contributed by atoms with Crippen LogP contribution in [0, 0.1) is 0 Å². The third-order valence-electron chi connectivity index (χ3n) is 1.75. The molecule has 0 saturated heterocycles. The van der Waals surface area contributed by atoms with Crippen molar-refractivity contribution in [2.45, 2.75) is 13.3 Å². The Bertz CT molecular complexity index is 355. The Labute approximate surface area is 89.5 Å². The monoisotopic (exact) mass is 202 g/mol. The van der Waals surface area contributed by atoms with Crippen LogP contribution in [0.25, 0.3) is 0 Å². The van der Waals surface area contributed by atoms with Gasteiger partial charge in [-0.25, -0.2) is 5.43 Å². The summed E-state index contributed by atoms with van der Waals surface area (Å²) in [5.41, 5.74) is 3.43. The molecule has 1 aromatic carbocycles. The molecule has 0 aliphatic heterocycles. The predicted molar refractivity (Wildman–Crippen MR) is 61.6 cm³/mol. The Balaban J connectivity index is 2.37. The molecule has 0 spiro atoms. The van der Waals surface area contributed by atoms with Crippen LogP contribution >= 0.6 is 0 Å². The number of benzene rings is 1. The number of hydrazone groups is 1. The first-order valence-corrected chi connectivity index (χ1v) is 4.80. The van der Waals surface area contributed by atoms with Crippen LogP contribution in [0.5, 0.6) is 0 Å². The Morgan fingerprint density at radius 2 is 2.13 bits per heavy atom. The lowest BCUT2D eigenvalue weighted by Gasteiger charge is -1.98. The average Bonchev–Trinajstić information content (AvgIpc) is 2.26. The molecule has 0 bridgehead atoms. The second-order valence-corrected chi connectivity index (χ2v) is 3.00. The average molecular weight is 202 g/mol. The highest BCUT2D eigenvalue weighted by atomic mass is 16.2. The van der Waals surface area contributed by atoms with Gasteiger partial charge in [0.25, 0.3) is 0 Å². The van der Waals surface area contributed by atoms with Crippen molar-refractivity contribution in [3.05, 3.63) is 48.0 Å². The summed E-state index contributed by atoms with van der Waals surface area (Å²) in [7, 11) is 0. The molecule has 3 nitrogen and oxygen atoms in total. The fourth-order valence-corrected chi connectivity index (χ4v) is 1.06. The lowest BCUT2D eigenvalue weighted by molar-refractivity contribution is -0.120. The van der Waals surface area contributed by atoms with Crippen molar-refractivity contribution in [3.63, 3.8) is 0 Å². The summed E-state index contributed by atoms with van der Waals surface area (Å²) in [5, 5.41) is 3.75. The summed E-state index contributed by atoms with van der Waals surface area (Å²) in [6.07, 6.45) is 5.49. The third-order valence-corrected chi connectivity index (χ3v) is 1.75. The molecular formula is C12H14N2O. The second-order valence-electron chi connectivity index (χ2n) is 3.00. The molecule has 0 aliphatic rings. The largest absolute Gasteiger partial charge is 0.273 e. The van der Waals surface area contributed by atoms with E-state index >= 15 is 0 Å². The van der Waals surface area contributed by atoms with E-state index in [0.29, 0.717) is 6.42 Å². The van der Waals surface area contributed by atoms with E-state index < -0.39 is 0 Å². The number of hydrogen-bond acceptors (Lipinski definition) is 2. The van der Waals surface area contributed by atoms with Crippen molar-refractivity contribution < 1.29 is 4.79 Å². The minimum absolute atomic E-state index is 0.109. The number of carbonyl (C=O) groups excluding carboxylic acids is 1. The van der Waals surface area contributed by atoms with E-state index in [9.17, 15) is 4.79 Å². The summed E-state index contributed by atoms with van der Waals surface area (Å²) in [6, 6.07) is 9.56. The molecule has 15 heavy (non-hydrogen) atoms. The van der Waals surface area contributed by atoms with Gasteiger partial charge in [0.15, 0.2) is 0 Å². The zero-order valence-corrected chi connectivity index (χ0v) is 8.68. The van der Waals surface area contributed by atoms with Gasteiger partial charge in [-0.3, -0.25) is 4.79 Å². The van der Waals surface area contributed by atoms with Gasteiger partial charge in [-0.1, -0.05) is 36.4 Å². The van der Waals surface area contributed by atoms with Crippen LogP contribution in [0.3, 0.4) is 0 Å². The van der Waals surface area contributed by atoms with Gasteiger partial charge in [0.2, 0.25) is 5.91 Å². The Kier molecular flexibility index (Phi) is 4.87. The van der Waals surface area contributed by atoms with E-state index in [1.165, 1.54) is 0 Å². The van der Waals surface area contributed by atoms with Crippen LogP contribution in [0.2, 0.25) is 0 Å². The molecule has 0 heterocycles. The quantitative estimate of drug-likeness (QED) is 0.588. The second kappa shape index (κ2) is 6.54. The molecule has 0 aliphatic carbocycles. The lowest BCUT2D eigenvalue weighted by Crippen LogP contribution is -2.19. The first-order chi connectivity index (χ1) is 7.33. The number of rotatable bonds is 4. The molecule has 0 fully saturated rings. The van der Waals surface area contributed by atoms with E-state index in [1.807, 2.05) is 43.3 Å². The summed E-state index contributed by atoms with van der Waals surface area (Å²) in [5.74, 6) is -0.109. The van der Waals surface area contributed by atoms with Gasteiger partial charge in [0.05, 0.1) is 6.42 Å². The van der Waals surface area contributed by atoms with Crippen LogP contribution in [0.1, 0.15) is 12.5 Å². The molecule has 0 radical (unpaired) electrons. The minimum Gasteiger partial charge on any atom is -0.273 e. The SMILES string of the molecule is CC=CC=NNC(=O)Cc1ccccc1. The van der Waals surface area contributed by atoms with Gasteiger partial charge in [-0.2, -0.15) is 5.10 Å². The molecule has 0 aromatic heterocycles. The highest BCUT2D eigenvalue weighted by Crippen LogP contribution is 1.98. The van der Waals surface area contributed by atoms with E-state index in [-0.39, 0.29) is 5.91 Å². The fourth-order valence-electron chi connectivity index (χ4n) is 1.06. The lowest BCUT2D eigenvalue weighted by atomic mass is 10.1. The highest BCUT2D eigenvalue weighted by molar-refractivity contribution is 5.80. The summed E-state index contributed by atoms with van der Waals surface area (Å²) < 4.78 is 0. The Hall–Kier alpha value is -1.90. The van der Waals surface area contributed by atoms with Gasteiger partial charge in [0.1, 0.15) is 0 Å². The molecule has 1 aromatic rings. The molecule has 1 amide bonds. The van der Waals surface area contributed by atoms with Crippen LogP contribution in [-0.4, -0.2) is 12.1 Å². The maximum absolute atomic E-state index is 11.3. The van der Waals surface area contributed by atoms with Gasteiger partial charge >= 0.3 is 0 Å². The first-order valence-electron chi connectivity index (χ1n) is 4.80. The van der Waals surface area contributed by atoms with Crippen LogP contribution in [-0.2, 0) is 11.2 Å². The van der Waals surface area contributed by atoms with Crippen molar-refractivity contribution in [2.24, 2.45) is 5.10 Å². The summed E-state index contributed by atoms with van der Waals surface area (Å²) >= 11 is 0. The van der Waals surface area contributed by atoms with Crippen molar-refractivity contribution >= 4 is 12.1 Å². The molecular weight excluding hydrogens is 188 g/mol. The molecule has 1 N–H and O–H groups in total. The molecule has 78 valence electrons. The van der Waals surface area contributed by atoms with Crippen LogP contribution < -0.4 is 5.43 Å². The summed E-state index contributed by atoms with van der Waals surface area (Å²) in [4.78, 5) is 11.3. The van der Waals surface area contributed by atoms with Crippen LogP contribution in [0.4, 0.5) is 0 Å². The normalized spacial score (nSPS) is 11.0. The van der Waals surface area contributed by atoms with Crippen molar-refractivity contribution in [1.82, 2.24) is 5.43 Å². The van der Waals surface area contributed by atoms with E-state index in [1.54, 1.807) is 12.3 Å². The van der Waals surface area contributed by atoms with Gasteiger partial charge < -0.3 is 0 Å². The van der Waals surface area contributed by atoms with Gasteiger partial charge in [0, 0.05) is 6.21 Å². The van der Waals surface area contributed by atoms with Gasteiger partial charge in [-0.05, 0) is 18.6 Å². The topological polar surface area (TPSA) is 41.5 Å². The highest BCUT2D eigenvalue weighted by Gasteiger charge is 1.99. The summed E-state index contributed by atoms with van der Waals surface area (Å²) in [6.45, 7) is 1.89. The van der Waals surface area contributed by atoms with E-state index in [4.69, 9.17) is 0 Å². The standard InChI is InChI=1S/C12H14N2O/c1-2-3-9-13-14-12(15)10-11-7-5-4-6-8-11/h2-9H,10H2,1H3,(H,14,15). The van der Waals surface area contributed by atoms with E-state index in [2.05, 4.69) is 10.5 Å². The number of amides is 1. The Morgan fingerprint density at radius 3 is 2.80 bits per heavy atom. The maximum atomic E-state index is 11.3. The fraction of sp³-hybridized carbons (Fsp3) is 0.167. The number of carbonyl (C=O) groups is 1. The molecule has 3 heteroatoms. The maximum Gasteiger partial charge on any atom is 0.244 e. The zero-order valence-electron chi connectivity index (χ0n) is 8.68. The van der Waals surface area contributed by atoms with Crippen molar-refractivity contribution in [2.75, 3.05) is 0 Å². The Morgan fingerprint density at radius 1 is 1.40 bits per heavy atom. The molecule has 0 atom stereocenters. The number of nitrogens with zero attached hydrogens (tertiary/aromatic N) is 1. The van der Waals surface area contributed by atoms with Crippen molar-refractivity contribution in [3.8, 4) is 0 Å². The smallest absolute Gasteiger partial charge is 0.244 e. The molecule has 1 rings (SSSR count). The minimum atomic E-state index is -0.109. The van der Waals surface area contributed by atoms with Crippen LogP contribution in [0.15, 0.2) is 47.6 Å². The zero-order chi connectivity index (χ0) is 10.9. The predicted octanol–water partition coefficient (Wildman–Crippen LogP) is 1.91. The molecule has 0 unspecified atom stereocenters. The number of nitrogens with one attached hydrogen (secondary N) is 1. The van der Waals surface area contributed by atoms with E-state index in [0.717, 1.165) is 5.56 Å². The number of allylic oxidation sites excluding steroid dienone is 2. The first kappa shape index (κ1) is 11.2.